The fourth-order valence-corrected chi connectivity index (χ4v) is 4.48. The Morgan fingerprint density at radius 3 is 2.33 bits per heavy atom. The maximum atomic E-state index is 12.2. The van der Waals surface area contributed by atoms with Crippen molar-refractivity contribution in [1.29, 1.82) is 0 Å². The summed E-state index contributed by atoms with van der Waals surface area (Å²) in [5, 5.41) is 2.97. The van der Waals surface area contributed by atoms with Crippen LogP contribution in [0.15, 0.2) is 34.7 Å². The van der Waals surface area contributed by atoms with Crippen molar-refractivity contribution in [2.45, 2.75) is 60.0 Å². The molecule has 162 valence electrons. The second-order valence-corrected chi connectivity index (χ2v) is 8.97. The molecule has 2 aromatic rings. The molecule has 2 atom stereocenters. The van der Waals surface area contributed by atoms with E-state index in [-0.39, 0.29) is 11.7 Å². The topological polar surface area (TPSA) is 62.6 Å². The van der Waals surface area contributed by atoms with Crippen molar-refractivity contribution in [3.63, 3.8) is 0 Å². The molecule has 3 rings (SSSR count). The molecule has 0 unspecified atom stereocenters. The van der Waals surface area contributed by atoms with E-state index in [1.807, 2.05) is 0 Å². The molecule has 30 heavy (non-hydrogen) atoms. The zero-order chi connectivity index (χ0) is 21.7. The van der Waals surface area contributed by atoms with E-state index < -0.39 is 0 Å². The van der Waals surface area contributed by atoms with Crippen molar-refractivity contribution in [2.75, 3.05) is 13.1 Å². The number of hydrogen-bond donors (Lipinski definition) is 1. The summed E-state index contributed by atoms with van der Waals surface area (Å²) in [5.74, 6) is 2.79. The number of rotatable bonds is 8. The molecule has 1 amide bonds. The molecule has 0 aliphatic carbocycles. The molecule has 1 aliphatic heterocycles. The zero-order valence-electron chi connectivity index (χ0n) is 18.7. The number of amides is 1. The number of carbonyl (C=O) groups excluding carboxylic acids is 2. The molecule has 1 fully saturated rings. The lowest BCUT2D eigenvalue weighted by Gasteiger charge is -2.35. The van der Waals surface area contributed by atoms with Gasteiger partial charge >= 0.3 is 0 Å². The van der Waals surface area contributed by atoms with Crippen LogP contribution in [0.1, 0.15) is 66.6 Å². The predicted molar refractivity (Wildman–Crippen MR) is 118 cm³/mol. The van der Waals surface area contributed by atoms with E-state index in [2.05, 4.69) is 48.3 Å². The predicted octanol–water partition coefficient (Wildman–Crippen LogP) is 4.52. The van der Waals surface area contributed by atoms with Crippen LogP contribution in [0.4, 0.5) is 0 Å². The first-order valence-electron chi connectivity index (χ1n) is 11.0. The quantitative estimate of drug-likeness (QED) is 0.650. The van der Waals surface area contributed by atoms with E-state index in [0.717, 1.165) is 23.9 Å². The molecule has 1 N–H and O–H groups in total. The normalized spacial score (nSPS) is 19.6. The van der Waals surface area contributed by atoms with Crippen LogP contribution < -0.4 is 5.32 Å². The molecule has 1 aromatic carbocycles. The van der Waals surface area contributed by atoms with Crippen molar-refractivity contribution in [3.8, 4) is 0 Å². The molecule has 0 spiro atoms. The van der Waals surface area contributed by atoms with Gasteiger partial charge in [0.2, 0.25) is 5.91 Å². The van der Waals surface area contributed by atoms with Crippen molar-refractivity contribution in [3.05, 3.63) is 58.5 Å². The summed E-state index contributed by atoms with van der Waals surface area (Å²) in [6.45, 7) is 11.8. The Morgan fingerprint density at radius 1 is 1.10 bits per heavy atom. The highest BCUT2D eigenvalue weighted by molar-refractivity contribution is 5.95. The first kappa shape index (κ1) is 22.3. The van der Waals surface area contributed by atoms with Gasteiger partial charge in [-0.15, -0.1) is 0 Å². The minimum Gasteiger partial charge on any atom is -0.466 e. The molecule has 5 heteroatoms. The van der Waals surface area contributed by atoms with E-state index in [4.69, 9.17) is 4.42 Å². The summed E-state index contributed by atoms with van der Waals surface area (Å²) in [6.07, 6.45) is 2.16. The van der Waals surface area contributed by atoms with Crippen molar-refractivity contribution < 1.29 is 14.0 Å². The lowest BCUT2D eigenvalue weighted by Crippen LogP contribution is -2.38. The van der Waals surface area contributed by atoms with E-state index in [9.17, 15) is 9.59 Å². The second kappa shape index (κ2) is 10.1. The second-order valence-electron chi connectivity index (χ2n) is 8.97. The Balaban J connectivity index is 1.42. The highest BCUT2D eigenvalue weighted by Gasteiger charge is 2.21. The number of nitrogens with one attached hydrogen (secondary N) is 1. The summed E-state index contributed by atoms with van der Waals surface area (Å²) in [6, 6.07) is 10.3. The maximum absolute atomic E-state index is 12.2. The van der Waals surface area contributed by atoms with Crippen LogP contribution in [0.25, 0.3) is 0 Å². The zero-order valence-corrected chi connectivity index (χ0v) is 18.7. The van der Waals surface area contributed by atoms with Gasteiger partial charge in [0.1, 0.15) is 11.5 Å². The summed E-state index contributed by atoms with van der Waals surface area (Å²) in [4.78, 5) is 26.2. The third-order valence-electron chi connectivity index (χ3n) is 5.81. The van der Waals surface area contributed by atoms with Crippen LogP contribution in [0.3, 0.4) is 0 Å². The number of furan rings is 1. The number of piperidine rings is 1. The Bertz CT molecular complexity index is 859. The highest BCUT2D eigenvalue weighted by atomic mass is 16.3. The third-order valence-corrected chi connectivity index (χ3v) is 5.81. The standard InChI is InChI=1S/C25H34N2O3/c1-17-11-18(2)15-27(14-17)16-22-7-5-21(6-8-22)13-26-25(29)10-9-23-12-24(19(3)28)20(4)30-23/h5-8,12,17-18H,9-11,13-16H2,1-4H3,(H,26,29)/t17-,18+. The van der Waals surface area contributed by atoms with Gasteiger partial charge in [-0.25, -0.2) is 0 Å². The van der Waals surface area contributed by atoms with E-state index in [0.29, 0.717) is 36.5 Å². The van der Waals surface area contributed by atoms with E-state index >= 15 is 0 Å². The first-order valence-corrected chi connectivity index (χ1v) is 11.0. The fraction of sp³-hybridized carbons (Fsp3) is 0.520. The molecule has 1 saturated heterocycles. The van der Waals surface area contributed by atoms with Crippen molar-refractivity contribution >= 4 is 11.7 Å². The lowest BCUT2D eigenvalue weighted by molar-refractivity contribution is -0.121. The number of Topliss-reactive ketones (excluding diaryl/α,β-unsaturated/α-hetero) is 1. The van der Waals surface area contributed by atoms with Gasteiger partial charge in [0.15, 0.2) is 5.78 Å². The first-order chi connectivity index (χ1) is 14.3. The minimum absolute atomic E-state index is 0.0142. The fourth-order valence-electron chi connectivity index (χ4n) is 4.48. The van der Waals surface area contributed by atoms with E-state index in [1.54, 1.807) is 13.0 Å². The van der Waals surface area contributed by atoms with Gasteiger partial charge in [-0.2, -0.15) is 0 Å². The largest absolute Gasteiger partial charge is 0.466 e. The molecule has 1 aromatic heterocycles. The number of hydrogen-bond acceptors (Lipinski definition) is 4. The van der Waals surface area contributed by atoms with E-state index in [1.165, 1.54) is 32.0 Å². The summed E-state index contributed by atoms with van der Waals surface area (Å²) in [5.41, 5.74) is 3.01. The van der Waals surface area contributed by atoms with Crippen LogP contribution in [0, 0.1) is 18.8 Å². The van der Waals surface area contributed by atoms with Crippen LogP contribution in [-0.2, 0) is 24.3 Å². The van der Waals surface area contributed by atoms with Gasteiger partial charge in [0, 0.05) is 39.0 Å². The summed E-state index contributed by atoms with van der Waals surface area (Å²) in [7, 11) is 0. The van der Waals surface area contributed by atoms with Crippen LogP contribution in [0.5, 0.6) is 0 Å². The number of nitrogens with zero attached hydrogens (tertiary/aromatic N) is 1. The minimum atomic E-state index is -0.0196. The Labute approximate surface area is 179 Å². The molecule has 5 nitrogen and oxygen atoms in total. The number of carbonyl (C=O) groups is 2. The van der Waals surface area contributed by atoms with Gasteiger partial charge in [-0.1, -0.05) is 38.1 Å². The smallest absolute Gasteiger partial charge is 0.220 e. The molecular formula is C25H34N2O3. The number of aryl methyl sites for hydroxylation is 2. The molecule has 1 aliphatic rings. The SMILES string of the molecule is CC(=O)c1cc(CCC(=O)NCc2ccc(CN3C[C@H](C)C[C@H](C)C3)cc2)oc1C. The number of benzene rings is 1. The number of ketones is 1. The van der Waals surface area contributed by atoms with Crippen LogP contribution in [-0.4, -0.2) is 29.7 Å². The average Bonchev–Trinajstić information content (AvgIpc) is 3.06. The average molecular weight is 411 g/mol. The van der Waals surface area contributed by atoms with Gasteiger partial charge in [0.25, 0.3) is 0 Å². The van der Waals surface area contributed by atoms with Crippen molar-refractivity contribution in [2.24, 2.45) is 11.8 Å². The lowest BCUT2D eigenvalue weighted by atomic mass is 9.91. The maximum Gasteiger partial charge on any atom is 0.220 e. The van der Waals surface area contributed by atoms with Gasteiger partial charge < -0.3 is 9.73 Å². The Kier molecular flexibility index (Phi) is 7.48. The van der Waals surface area contributed by atoms with Crippen LogP contribution >= 0.6 is 0 Å². The molecule has 0 bridgehead atoms. The molecule has 0 saturated carbocycles. The van der Waals surface area contributed by atoms with Gasteiger partial charge in [-0.3, -0.25) is 14.5 Å². The molecule has 0 radical (unpaired) electrons. The van der Waals surface area contributed by atoms with Gasteiger partial charge in [0.05, 0.1) is 5.56 Å². The third kappa shape index (κ3) is 6.30. The highest BCUT2D eigenvalue weighted by Crippen LogP contribution is 2.22. The monoisotopic (exact) mass is 410 g/mol. The number of likely N-dealkylation sites (tertiary alicyclic amines) is 1. The Morgan fingerprint density at radius 2 is 1.73 bits per heavy atom. The molecular weight excluding hydrogens is 376 g/mol. The Hall–Kier alpha value is -2.40. The molecule has 2 heterocycles. The van der Waals surface area contributed by atoms with Crippen molar-refractivity contribution in [1.82, 2.24) is 10.2 Å². The van der Waals surface area contributed by atoms with Gasteiger partial charge in [-0.05, 0) is 49.3 Å². The van der Waals surface area contributed by atoms with Crippen LogP contribution in [0.2, 0.25) is 0 Å². The summed E-state index contributed by atoms with van der Waals surface area (Å²) >= 11 is 0. The summed E-state index contributed by atoms with van der Waals surface area (Å²) < 4.78 is 5.57.